The first-order chi connectivity index (χ1) is 11.8. The van der Waals surface area contributed by atoms with E-state index in [1.54, 1.807) is 0 Å². The average molecular weight is 333 g/mol. The lowest BCUT2D eigenvalue weighted by Crippen LogP contribution is -2.07. The number of benzene rings is 4. The van der Waals surface area contributed by atoms with Crippen LogP contribution in [0.5, 0.6) is 5.75 Å². The van der Waals surface area contributed by atoms with Crippen LogP contribution in [0.15, 0.2) is 72.8 Å². The predicted molar refractivity (Wildman–Crippen MR) is 101 cm³/mol. The van der Waals surface area contributed by atoms with E-state index in [1.165, 1.54) is 21.7 Å². The Bertz CT molecular complexity index is 1080. The smallest absolute Gasteiger partial charge is 0.289 e. The fourth-order valence-corrected chi connectivity index (χ4v) is 3.62. The van der Waals surface area contributed by atoms with Crippen molar-refractivity contribution in [3.05, 3.63) is 83.4 Å². The highest BCUT2D eigenvalue weighted by Gasteiger charge is 2.31. The standard InChI is InChI=1S/C21H14ClNO/c22-16-10-8-13-6-7-14-9-11-18-20(19(14)17(13)12-16)24-21(23-18)15-4-2-1-3-5-15/h1-12,21,23H/p+1. The summed E-state index contributed by atoms with van der Waals surface area (Å²) in [6.45, 7) is 0. The topological polar surface area (TPSA) is 24.8 Å². The van der Waals surface area contributed by atoms with Crippen molar-refractivity contribution in [2.75, 3.05) is 5.32 Å². The summed E-state index contributed by atoms with van der Waals surface area (Å²) >= 11 is 6.25. The molecule has 1 atom stereocenters. The van der Waals surface area contributed by atoms with Crippen molar-refractivity contribution in [2.45, 2.75) is 6.23 Å². The van der Waals surface area contributed by atoms with E-state index in [2.05, 4.69) is 47.8 Å². The Balaban J connectivity index is 1.74. The van der Waals surface area contributed by atoms with Crippen LogP contribution in [0.25, 0.3) is 21.5 Å². The van der Waals surface area contributed by atoms with Crippen LogP contribution in [-0.2, 0) is 0 Å². The molecule has 1 unspecified atom stereocenters. The molecule has 1 aliphatic heterocycles. The third kappa shape index (κ3) is 2.04. The molecule has 0 spiro atoms. The third-order valence-corrected chi connectivity index (χ3v) is 4.84. The summed E-state index contributed by atoms with van der Waals surface area (Å²) in [6, 6.07) is 24.9. The Morgan fingerprint density at radius 1 is 0.833 bits per heavy atom. The molecule has 0 aromatic heterocycles. The van der Waals surface area contributed by atoms with Gasteiger partial charge in [0.2, 0.25) is 0 Å². The summed E-state index contributed by atoms with van der Waals surface area (Å²) in [5.41, 5.74) is 2.24. The van der Waals surface area contributed by atoms with E-state index in [1.807, 2.05) is 30.3 Å². The monoisotopic (exact) mass is 332 g/mol. The minimum atomic E-state index is -0.0405. The minimum Gasteiger partial charge on any atom is -0.560 e. The molecule has 0 radical (unpaired) electrons. The van der Waals surface area contributed by atoms with E-state index in [0.29, 0.717) is 0 Å². The lowest BCUT2D eigenvalue weighted by Gasteiger charge is -2.10. The molecule has 0 bridgehead atoms. The Morgan fingerprint density at radius 2 is 1.58 bits per heavy atom. The zero-order valence-corrected chi connectivity index (χ0v) is 13.6. The summed E-state index contributed by atoms with van der Waals surface area (Å²) < 4.78 is 4.98. The number of aromatic hydroxyl groups is 1. The first-order valence-electron chi connectivity index (χ1n) is 7.97. The highest BCUT2D eigenvalue weighted by Crippen LogP contribution is 2.46. The summed E-state index contributed by atoms with van der Waals surface area (Å²) in [6.07, 6.45) is -0.0405. The van der Waals surface area contributed by atoms with Crippen molar-refractivity contribution in [1.29, 1.82) is 0 Å². The van der Waals surface area contributed by atoms with E-state index in [0.717, 1.165) is 21.8 Å². The van der Waals surface area contributed by atoms with E-state index in [9.17, 15) is 0 Å². The van der Waals surface area contributed by atoms with Crippen LogP contribution >= 0.6 is 11.6 Å². The number of ether oxygens (including phenoxy) is 1. The molecular formula is C21H15ClNO+. The number of anilines is 1. The van der Waals surface area contributed by atoms with Crippen molar-refractivity contribution in [3.8, 4) is 5.75 Å². The Labute approximate surface area is 144 Å². The highest BCUT2D eigenvalue weighted by molar-refractivity contribution is 6.32. The average Bonchev–Trinajstić information content (AvgIpc) is 3.06. The predicted octanol–water partition coefficient (Wildman–Crippen LogP) is 6.01. The van der Waals surface area contributed by atoms with Crippen LogP contribution < -0.4 is 5.32 Å². The molecular weight excluding hydrogens is 318 g/mol. The molecule has 0 saturated carbocycles. The van der Waals surface area contributed by atoms with Gasteiger partial charge in [-0.1, -0.05) is 54.1 Å². The molecule has 5 rings (SSSR count). The van der Waals surface area contributed by atoms with Gasteiger partial charge in [-0.15, -0.1) is 0 Å². The fraction of sp³-hybridized carbons (Fsp3) is 0.0476. The van der Waals surface area contributed by atoms with Crippen molar-refractivity contribution >= 4 is 38.8 Å². The highest BCUT2D eigenvalue weighted by atomic mass is 35.5. The number of hydrogen-bond donors (Lipinski definition) is 1. The second-order valence-corrected chi connectivity index (χ2v) is 6.51. The minimum absolute atomic E-state index is 0.0405. The molecule has 0 amide bonds. The number of nitrogens with one attached hydrogen (secondary N) is 1. The third-order valence-electron chi connectivity index (χ3n) is 4.60. The molecule has 1 heterocycles. The summed E-state index contributed by atoms with van der Waals surface area (Å²) in [4.78, 5) is 0. The maximum Gasteiger partial charge on any atom is 0.289 e. The molecule has 1 aliphatic rings. The van der Waals surface area contributed by atoms with E-state index < -0.39 is 0 Å². The van der Waals surface area contributed by atoms with Gasteiger partial charge in [0.25, 0.3) is 12.0 Å². The lowest BCUT2D eigenvalue weighted by atomic mass is 10.0. The molecule has 4 aromatic rings. The van der Waals surface area contributed by atoms with Gasteiger partial charge in [-0.25, -0.2) is 0 Å². The zero-order valence-electron chi connectivity index (χ0n) is 12.8. The van der Waals surface area contributed by atoms with Crippen LogP contribution in [0.1, 0.15) is 11.8 Å². The Kier molecular flexibility index (Phi) is 2.94. The van der Waals surface area contributed by atoms with Gasteiger partial charge in [-0.3, -0.25) is 5.32 Å². The number of halogens is 1. The molecule has 0 fully saturated rings. The van der Waals surface area contributed by atoms with Gasteiger partial charge in [0, 0.05) is 10.4 Å². The quantitative estimate of drug-likeness (QED) is 0.257. The molecule has 3 heteroatoms. The number of rotatable bonds is 1. The van der Waals surface area contributed by atoms with Crippen molar-refractivity contribution in [3.63, 3.8) is 0 Å². The largest absolute Gasteiger partial charge is 0.560 e. The van der Waals surface area contributed by atoms with Gasteiger partial charge in [-0.05, 0) is 41.1 Å². The van der Waals surface area contributed by atoms with Gasteiger partial charge >= 0.3 is 0 Å². The molecule has 2 N–H and O–H groups in total. The maximum atomic E-state index is 6.25. The molecule has 0 saturated heterocycles. The number of fused-ring (bicyclic) bond motifs is 5. The van der Waals surface area contributed by atoms with Gasteiger partial charge in [0.05, 0.1) is 10.9 Å². The number of hydrogen-bond acceptors (Lipinski definition) is 1. The van der Waals surface area contributed by atoms with E-state index in [4.69, 9.17) is 16.3 Å². The molecule has 116 valence electrons. The van der Waals surface area contributed by atoms with Crippen molar-refractivity contribution in [1.82, 2.24) is 0 Å². The van der Waals surface area contributed by atoms with E-state index >= 15 is 0 Å². The second-order valence-electron chi connectivity index (χ2n) is 6.08. The van der Waals surface area contributed by atoms with Gasteiger partial charge in [0.1, 0.15) is 5.69 Å². The van der Waals surface area contributed by atoms with Gasteiger partial charge in [-0.2, -0.15) is 0 Å². The van der Waals surface area contributed by atoms with Crippen LogP contribution in [-0.4, -0.2) is 4.74 Å². The molecule has 4 aromatic carbocycles. The van der Waals surface area contributed by atoms with Crippen LogP contribution in [0.3, 0.4) is 0 Å². The Hall–Kier alpha value is -2.71. The van der Waals surface area contributed by atoms with Crippen molar-refractivity contribution in [2.24, 2.45) is 0 Å². The van der Waals surface area contributed by atoms with Crippen LogP contribution in [0, 0.1) is 0 Å². The molecule has 2 nitrogen and oxygen atoms in total. The Morgan fingerprint density at radius 3 is 2.46 bits per heavy atom. The van der Waals surface area contributed by atoms with Crippen LogP contribution in [0.4, 0.5) is 5.69 Å². The first-order valence-corrected chi connectivity index (χ1v) is 8.35. The summed E-state index contributed by atoms with van der Waals surface area (Å²) in [5.74, 6) is 1.02. The summed E-state index contributed by atoms with van der Waals surface area (Å²) in [7, 11) is 0. The lowest BCUT2D eigenvalue weighted by molar-refractivity contribution is 0.0234. The molecule has 0 aliphatic carbocycles. The maximum absolute atomic E-state index is 6.25. The summed E-state index contributed by atoms with van der Waals surface area (Å²) in [5, 5.41) is 8.95. The van der Waals surface area contributed by atoms with Gasteiger partial charge < -0.3 is 4.74 Å². The number of aliphatic hydroxyl groups is 1. The molecule has 24 heavy (non-hydrogen) atoms. The van der Waals surface area contributed by atoms with Crippen LogP contribution in [0.2, 0.25) is 5.02 Å². The second kappa shape index (κ2) is 5.15. The van der Waals surface area contributed by atoms with Crippen molar-refractivity contribution < 1.29 is 4.74 Å². The normalized spacial score (nSPS) is 16.0. The zero-order chi connectivity index (χ0) is 16.1. The first kappa shape index (κ1) is 13.7. The fourth-order valence-electron chi connectivity index (χ4n) is 3.45. The van der Waals surface area contributed by atoms with Gasteiger partial charge in [0.15, 0.2) is 0 Å². The SMILES string of the molecule is Clc1ccc2ccc3ccc4c(c3c2c1)[OH+]C(c1ccccc1)N4. The van der Waals surface area contributed by atoms with E-state index in [-0.39, 0.29) is 6.23 Å².